The number of rotatable bonds is 6. The highest BCUT2D eigenvalue weighted by atomic mass is 19.4. The van der Waals surface area contributed by atoms with Gasteiger partial charge in [-0.05, 0) is 62.9 Å². The number of nitrogens with zero attached hydrogens (tertiary/aromatic N) is 5. The van der Waals surface area contributed by atoms with E-state index < -0.39 is 40.9 Å². The third kappa shape index (κ3) is 4.54. The molecule has 0 radical (unpaired) electrons. The van der Waals surface area contributed by atoms with Gasteiger partial charge in [-0.2, -0.15) is 13.2 Å². The highest BCUT2D eigenvalue weighted by molar-refractivity contribution is 6.04. The van der Waals surface area contributed by atoms with Crippen molar-refractivity contribution in [1.82, 2.24) is 24.3 Å². The zero-order valence-corrected chi connectivity index (χ0v) is 24.4. The average Bonchev–Trinajstić information content (AvgIpc) is 3.73. The summed E-state index contributed by atoms with van der Waals surface area (Å²) in [5, 5.41) is 2.38. The van der Waals surface area contributed by atoms with E-state index in [1.165, 1.54) is 23.2 Å². The van der Waals surface area contributed by atoms with Gasteiger partial charge in [-0.3, -0.25) is 14.0 Å². The van der Waals surface area contributed by atoms with E-state index in [-0.39, 0.29) is 61.3 Å². The zero-order valence-electron chi connectivity index (χ0n) is 24.4. The number of amides is 2. The summed E-state index contributed by atoms with van der Waals surface area (Å²) in [6, 6.07) is 4.88. The smallest absolute Gasteiger partial charge is 0.416 e. The topological polar surface area (TPSA) is 128 Å². The maximum absolute atomic E-state index is 15.2. The number of carbonyl (C=O) groups is 2. The molecule has 0 bridgehead atoms. The van der Waals surface area contributed by atoms with E-state index in [0.29, 0.717) is 29.0 Å². The Morgan fingerprint density at radius 3 is 2.63 bits per heavy atom. The summed E-state index contributed by atoms with van der Waals surface area (Å²) in [5.74, 6) is -4.02. The van der Waals surface area contributed by atoms with Crippen molar-refractivity contribution in [3.05, 3.63) is 65.9 Å². The second-order valence-electron chi connectivity index (χ2n) is 11.8. The molecule has 5 heterocycles. The van der Waals surface area contributed by atoms with Crippen molar-refractivity contribution in [2.75, 3.05) is 24.2 Å². The van der Waals surface area contributed by atoms with E-state index in [0.717, 1.165) is 18.3 Å². The van der Waals surface area contributed by atoms with Crippen LogP contribution in [0.2, 0.25) is 0 Å². The molecule has 3 aromatic heterocycles. The maximum Gasteiger partial charge on any atom is 0.416 e. The van der Waals surface area contributed by atoms with Gasteiger partial charge in [0, 0.05) is 42.2 Å². The van der Waals surface area contributed by atoms with Gasteiger partial charge in [-0.15, -0.1) is 0 Å². The molecule has 1 saturated carbocycles. The Labute approximate surface area is 258 Å². The summed E-state index contributed by atoms with van der Waals surface area (Å²) in [4.78, 5) is 40.4. The number of carbonyl (C=O) groups excluding carboxylic acids is 2. The molecule has 1 spiro atoms. The number of halogens is 5. The molecule has 3 fully saturated rings. The molecular formula is C31H28F5N7O3. The molecule has 2 aliphatic heterocycles. The average molecular weight is 642 g/mol. The van der Waals surface area contributed by atoms with Gasteiger partial charge < -0.3 is 20.7 Å². The minimum atomic E-state index is -4.61. The summed E-state index contributed by atoms with van der Waals surface area (Å²) in [6.07, 6.45) is 0.399. The van der Waals surface area contributed by atoms with Crippen LogP contribution in [-0.4, -0.2) is 61.2 Å². The lowest BCUT2D eigenvalue weighted by Gasteiger charge is -2.36. The van der Waals surface area contributed by atoms with Crippen molar-refractivity contribution in [3.63, 3.8) is 0 Å². The third-order valence-corrected chi connectivity index (χ3v) is 9.16. The third-order valence-electron chi connectivity index (χ3n) is 9.16. The fourth-order valence-corrected chi connectivity index (χ4v) is 6.75. The number of ether oxygens (including phenoxy) is 1. The van der Waals surface area contributed by atoms with Crippen LogP contribution < -0.4 is 15.8 Å². The van der Waals surface area contributed by atoms with E-state index in [9.17, 15) is 22.8 Å². The first kappa shape index (κ1) is 29.9. The molecule has 1 aliphatic carbocycles. The number of hydrogen-bond donors (Lipinski definition) is 2. The quantitative estimate of drug-likeness (QED) is 0.265. The highest BCUT2D eigenvalue weighted by Crippen LogP contribution is 2.65. The molecule has 2 atom stereocenters. The number of piperidine rings is 1. The van der Waals surface area contributed by atoms with E-state index in [1.807, 2.05) is 0 Å². The van der Waals surface area contributed by atoms with Crippen molar-refractivity contribution in [1.29, 1.82) is 0 Å². The Morgan fingerprint density at radius 2 is 1.91 bits per heavy atom. The summed E-state index contributed by atoms with van der Waals surface area (Å²) >= 11 is 0. The van der Waals surface area contributed by atoms with Gasteiger partial charge >= 0.3 is 6.18 Å². The van der Waals surface area contributed by atoms with Gasteiger partial charge in [0.05, 0.1) is 18.2 Å². The molecule has 1 aromatic carbocycles. The lowest BCUT2D eigenvalue weighted by Crippen LogP contribution is -2.46. The predicted octanol–water partition coefficient (Wildman–Crippen LogP) is 5.55. The zero-order chi connectivity index (χ0) is 32.6. The number of hydrogen-bond acceptors (Lipinski definition) is 7. The summed E-state index contributed by atoms with van der Waals surface area (Å²) < 4.78 is 77.5. The van der Waals surface area contributed by atoms with Crippen molar-refractivity contribution in [2.45, 2.75) is 56.7 Å². The Balaban J connectivity index is 1.23. The fourth-order valence-electron chi connectivity index (χ4n) is 6.75. The molecule has 2 saturated heterocycles. The molecule has 0 unspecified atom stereocenters. The fraction of sp³-hybridized carbons (Fsp3) is 0.387. The lowest BCUT2D eigenvalue weighted by molar-refractivity contribution is -0.138. The normalized spacial score (nSPS) is 21.4. The van der Waals surface area contributed by atoms with Gasteiger partial charge in [0.25, 0.3) is 11.8 Å². The van der Waals surface area contributed by atoms with Gasteiger partial charge in [0.1, 0.15) is 39.8 Å². The van der Waals surface area contributed by atoms with Crippen LogP contribution in [0, 0.1) is 5.41 Å². The second-order valence-corrected chi connectivity index (χ2v) is 11.8. The van der Waals surface area contributed by atoms with Crippen LogP contribution in [0.5, 0.6) is 5.75 Å². The standard InChI is InChI=1S/C31H28F5N7O3/c1-2-46-20-13-16(27(44)40-22-14-18(7-10-38-22)31(34,35)36)3-5-19(20)23-24-25(37)39-11-12-42(24)26(41-23)17-4-6-21-30(32,33)29(8-9-29)28(45)43(21)15-17/h3,5,7,10-14,17,21H,2,4,6,8-9,15H2,1H3,(H2,37,39)(H,38,40,44)/t17-,21+/m1/s1. The van der Waals surface area contributed by atoms with Gasteiger partial charge in [0.2, 0.25) is 5.91 Å². The first-order chi connectivity index (χ1) is 21.9. The van der Waals surface area contributed by atoms with Crippen molar-refractivity contribution >= 4 is 29.0 Å². The van der Waals surface area contributed by atoms with Crippen molar-refractivity contribution in [3.8, 4) is 17.0 Å². The van der Waals surface area contributed by atoms with E-state index in [1.54, 1.807) is 23.6 Å². The molecule has 3 N–H and O–H groups in total. The number of nitrogens with one attached hydrogen (secondary N) is 1. The molecule has 240 valence electrons. The molecular weight excluding hydrogens is 613 g/mol. The highest BCUT2D eigenvalue weighted by Gasteiger charge is 2.77. The largest absolute Gasteiger partial charge is 0.493 e. The Hall–Kier alpha value is -4.82. The molecule has 2 amide bonds. The second kappa shape index (κ2) is 10.4. The number of nitrogens with two attached hydrogens (primary N) is 1. The minimum absolute atomic E-state index is 0.0852. The van der Waals surface area contributed by atoms with Crippen LogP contribution in [0.1, 0.15) is 60.3 Å². The Kier molecular flexibility index (Phi) is 6.72. The number of fused-ring (bicyclic) bond motifs is 2. The first-order valence-electron chi connectivity index (χ1n) is 14.8. The number of alkyl halides is 5. The Morgan fingerprint density at radius 1 is 1.13 bits per heavy atom. The SMILES string of the molecule is CCOc1cc(C(=O)Nc2cc(C(F)(F)F)ccn2)ccc1-c1nc([C@@H]2CC[C@@H]3N(C2)C(=O)C2(CC2)C3(F)F)n2ccnc(N)c12. The van der Waals surface area contributed by atoms with Crippen LogP contribution in [0.3, 0.4) is 0 Å². The molecule has 15 heteroatoms. The van der Waals surface area contributed by atoms with E-state index >= 15 is 8.78 Å². The molecule has 7 rings (SSSR count). The number of nitrogen functional groups attached to an aromatic ring is 1. The monoisotopic (exact) mass is 641 g/mol. The van der Waals surface area contributed by atoms with Crippen molar-refractivity contribution < 1.29 is 36.3 Å². The summed E-state index contributed by atoms with van der Waals surface area (Å²) in [6.45, 7) is 2.03. The number of pyridine rings is 1. The molecule has 4 aromatic rings. The molecule has 3 aliphatic rings. The van der Waals surface area contributed by atoms with Crippen LogP contribution in [-0.2, 0) is 11.0 Å². The number of benzene rings is 1. The van der Waals surface area contributed by atoms with Crippen LogP contribution in [0.25, 0.3) is 16.8 Å². The van der Waals surface area contributed by atoms with Crippen LogP contribution in [0.4, 0.5) is 33.6 Å². The van der Waals surface area contributed by atoms with Crippen molar-refractivity contribution in [2.24, 2.45) is 5.41 Å². The van der Waals surface area contributed by atoms with Crippen LogP contribution >= 0.6 is 0 Å². The van der Waals surface area contributed by atoms with Gasteiger partial charge in [-0.25, -0.2) is 23.7 Å². The van der Waals surface area contributed by atoms with E-state index in [2.05, 4.69) is 15.3 Å². The summed E-state index contributed by atoms with van der Waals surface area (Å²) in [5.41, 5.74) is 5.14. The number of aromatic nitrogens is 4. The maximum atomic E-state index is 15.2. The van der Waals surface area contributed by atoms with E-state index in [4.69, 9.17) is 15.5 Å². The lowest BCUT2D eigenvalue weighted by atomic mass is 9.89. The molecule has 46 heavy (non-hydrogen) atoms. The minimum Gasteiger partial charge on any atom is -0.493 e. The van der Waals surface area contributed by atoms with Gasteiger partial charge in [-0.1, -0.05) is 0 Å². The predicted molar refractivity (Wildman–Crippen MR) is 155 cm³/mol. The van der Waals surface area contributed by atoms with Crippen LogP contribution in [0.15, 0.2) is 48.9 Å². The number of imidazole rings is 1. The summed E-state index contributed by atoms with van der Waals surface area (Å²) in [7, 11) is 0. The van der Waals surface area contributed by atoms with Gasteiger partial charge in [0.15, 0.2) is 0 Å². The Bertz CT molecular complexity index is 1890. The first-order valence-corrected chi connectivity index (χ1v) is 14.8. The molecule has 10 nitrogen and oxygen atoms in total. The number of anilines is 2.